The highest BCUT2D eigenvalue weighted by Crippen LogP contribution is 2.23. The summed E-state index contributed by atoms with van der Waals surface area (Å²) in [7, 11) is 0. The fourth-order valence-electron chi connectivity index (χ4n) is 3.45. The number of carboxylic acids is 1. The maximum Gasteiger partial charge on any atom is 0.333 e. The first-order chi connectivity index (χ1) is 14.5. The van der Waals surface area contributed by atoms with E-state index in [0.29, 0.717) is 19.6 Å². The maximum absolute atomic E-state index is 11.2. The summed E-state index contributed by atoms with van der Waals surface area (Å²) < 4.78 is 13.5. The van der Waals surface area contributed by atoms with Gasteiger partial charge >= 0.3 is 5.97 Å². The van der Waals surface area contributed by atoms with Crippen LogP contribution < -0.4 is 4.74 Å². The number of hydrogen-bond donors (Lipinski definition) is 1. The van der Waals surface area contributed by atoms with E-state index in [1.807, 2.05) is 24.3 Å². The lowest BCUT2D eigenvalue weighted by atomic mass is 10.1. The number of hydrogen-bond acceptors (Lipinski definition) is 3. The number of ether oxygens (including phenoxy) is 2. The van der Waals surface area contributed by atoms with Crippen LogP contribution in [0.15, 0.2) is 60.7 Å². The minimum atomic E-state index is -0.941. The molecule has 1 N–H and O–H groups in total. The van der Waals surface area contributed by atoms with Gasteiger partial charge in [-0.25, -0.2) is 4.79 Å². The van der Waals surface area contributed by atoms with Crippen LogP contribution in [0.1, 0.15) is 23.7 Å². The van der Waals surface area contributed by atoms with Gasteiger partial charge in [-0.3, -0.25) is 0 Å². The maximum atomic E-state index is 11.2. The summed E-state index contributed by atoms with van der Waals surface area (Å²) in [6.07, 6.45) is -0.481. The van der Waals surface area contributed by atoms with Crippen molar-refractivity contribution >= 4 is 5.97 Å². The summed E-state index contributed by atoms with van der Waals surface area (Å²) in [5.41, 5.74) is 5.73. The number of aromatic nitrogens is 1. The van der Waals surface area contributed by atoms with E-state index < -0.39 is 12.1 Å². The second kappa shape index (κ2) is 10.1. The molecule has 0 saturated carbocycles. The van der Waals surface area contributed by atoms with Crippen molar-refractivity contribution in [2.45, 2.75) is 39.8 Å². The number of nitrogens with zero attached hydrogens (tertiary/aromatic N) is 1. The number of benzene rings is 2. The Kier molecular flexibility index (Phi) is 7.31. The second-order valence-corrected chi connectivity index (χ2v) is 7.36. The topological polar surface area (TPSA) is 60.7 Å². The van der Waals surface area contributed by atoms with E-state index in [0.717, 1.165) is 17.9 Å². The zero-order valence-electron chi connectivity index (χ0n) is 17.8. The van der Waals surface area contributed by atoms with Gasteiger partial charge in [0, 0.05) is 24.4 Å². The van der Waals surface area contributed by atoms with Gasteiger partial charge in [0.2, 0.25) is 0 Å². The van der Waals surface area contributed by atoms with Crippen LogP contribution in [0.3, 0.4) is 0 Å². The fraction of sp³-hybridized carbons (Fsp3) is 0.320. The molecule has 1 unspecified atom stereocenters. The van der Waals surface area contributed by atoms with Gasteiger partial charge in [0.1, 0.15) is 12.4 Å². The summed E-state index contributed by atoms with van der Waals surface area (Å²) in [5.74, 6) is -0.174. The van der Waals surface area contributed by atoms with E-state index in [9.17, 15) is 9.90 Å². The molecular formula is C25H29NO4. The molecule has 3 aromatic rings. The molecule has 3 rings (SSSR count). The van der Waals surface area contributed by atoms with Crippen LogP contribution in [0.2, 0.25) is 0 Å². The Labute approximate surface area is 177 Å². The van der Waals surface area contributed by atoms with Gasteiger partial charge in [0.15, 0.2) is 6.10 Å². The van der Waals surface area contributed by atoms with Crippen molar-refractivity contribution in [1.82, 2.24) is 4.57 Å². The van der Waals surface area contributed by atoms with Gasteiger partial charge < -0.3 is 19.1 Å². The molecule has 0 radical (unpaired) electrons. The lowest BCUT2D eigenvalue weighted by Gasteiger charge is -2.14. The first-order valence-corrected chi connectivity index (χ1v) is 10.3. The zero-order chi connectivity index (χ0) is 21.5. The average molecular weight is 408 g/mol. The monoisotopic (exact) mass is 407 g/mol. The molecule has 1 aromatic heterocycles. The van der Waals surface area contributed by atoms with Crippen LogP contribution in [0.5, 0.6) is 5.75 Å². The second-order valence-electron chi connectivity index (χ2n) is 7.36. The van der Waals surface area contributed by atoms with Gasteiger partial charge in [-0.2, -0.15) is 0 Å². The summed E-state index contributed by atoms with van der Waals surface area (Å²) in [4.78, 5) is 11.2. The van der Waals surface area contributed by atoms with Gasteiger partial charge in [-0.1, -0.05) is 42.0 Å². The third-order valence-corrected chi connectivity index (χ3v) is 5.12. The van der Waals surface area contributed by atoms with Gasteiger partial charge in [0.25, 0.3) is 0 Å². The minimum Gasteiger partial charge on any atom is -0.492 e. The van der Waals surface area contributed by atoms with Crippen LogP contribution >= 0.6 is 0 Å². The highest BCUT2D eigenvalue weighted by Gasteiger charge is 2.17. The highest BCUT2D eigenvalue weighted by molar-refractivity contribution is 5.72. The molecule has 1 heterocycles. The van der Waals surface area contributed by atoms with Crippen LogP contribution in [0.4, 0.5) is 0 Å². The molecule has 30 heavy (non-hydrogen) atoms. The predicted molar refractivity (Wildman–Crippen MR) is 118 cm³/mol. The Morgan fingerprint density at radius 1 is 1.00 bits per heavy atom. The van der Waals surface area contributed by atoms with E-state index >= 15 is 0 Å². The largest absolute Gasteiger partial charge is 0.492 e. The van der Waals surface area contributed by atoms with Crippen molar-refractivity contribution in [3.05, 3.63) is 77.5 Å². The highest BCUT2D eigenvalue weighted by atomic mass is 16.5. The normalized spacial score (nSPS) is 12.0. The number of carboxylic acid groups (broad SMARTS) is 1. The molecule has 0 amide bonds. The lowest BCUT2D eigenvalue weighted by Crippen LogP contribution is -2.26. The molecule has 0 spiro atoms. The van der Waals surface area contributed by atoms with Crippen molar-refractivity contribution in [3.8, 4) is 17.0 Å². The van der Waals surface area contributed by atoms with Gasteiger partial charge in [-0.15, -0.1) is 0 Å². The van der Waals surface area contributed by atoms with E-state index in [2.05, 4.69) is 54.8 Å². The lowest BCUT2D eigenvalue weighted by molar-refractivity contribution is -0.149. The number of carbonyl (C=O) groups is 1. The van der Waals surface area contributed by atoms with Gasteiger partial charge in [0.05, 0.1) is 6.54 Å². The molecule has 5 heteroatoms. The SMILES string of the molecule is CCOC(Cc1ccc(OCCn2c(C)ccc2-c2ccc(C)cc2)cc1)C(=O)O. The zero-order valence-corrected chi connectivity index (χ0v) is 17.8. The summed E-state index contributed by atoms with van der Waals surface area (Å²) in [6, 6.07) is 20.4. The van der Waals surface area contributed by atoms with Crippen LogP contribution in [0.25, 0.3) is 11.3 Å². The molecule has 0 aliphatic carbocycles. The Bertz CT molecular complexity index is 958. The molecule has 2 aromatic carbocycles. The number of aliphatic carboxylic acids is 1. The molecule has 1 atom stereocenters. The number of rotatable bonds is 10. The quantitative estimate of drug-likeness (QED) is 0.520. The van der Waals surface area contributed by atoms with Gasteiger partial charge in [-0.05, 0) is 56.2 Å². The van der Waals surface area contributed by atoms with E-state index in [1.165, 1.54) is 22.5 Å². The third kappa shape index (κ3) is 5.51. The molecule has 158 valence electrons. The summed E-state index contributed by atoms with van der Waals surface area (Å²) in [6.45, 7) is 7.65. The Morgan fingerprint density at radius 3 is 2.33 bits per heavy atom. The Morgan fingerprint density at radius 2 is 1.70 bits per heavy atom. The Hall–Kier alpha value is -3.05. The van der Waals surface area contributed by atoms with Crippen molar-refractivity contribution < 1.29 is 19.4 Å². The molecule has 0 aliphatic rings. The molecule has 0 aliphatic heterocycles. The summed E-state index contributed by atoms with van der Waals surface area (Å²) >= 11 is 0. The van der Waals surface area contributed by atoms with Crippen LogP contribution in [0, 0.1) is 13.8 Å². The molecule has 0 saturated heterocycles. The van der Waals surface area contributed by atoms with E-state index in [4.69, 9.17) is 9.47 Å². The first kappa shape index (κ1) is 21.7. The van der Waals surface area contributed by atoms with Crippen molar-refractivity contribution in [2.24, 2.45) is 0 Å². The van der Waals surface area contributed by atoms with Crippen molar-refractivity contribution in [1.29, 1.82) is 0 Å². The van der Waals surface area contributed by atoms with Crippen molar-refractivity contribution in [2.75, 3.05) is 13.2 Å². The summed E-state index contributed by atoms with van der Waals surface area (Å²) in [5, 5.41) is 9.22. The fourth-order valence-corrected chi connectivity index (χ4v) is 3.45. The molecule has 0 fully saturated rings. The standard InChI is InChI=1S/C25H29NO4/c1-4-29-24(25(27)28)17-20-8-12-22(13-9-20)30-16-15-26-19(3)7-14-23(26)21-10-5-18(2)6-11-21/h5-14,24H,4,15-17H2,1-3H3,(H,27,28). The molecular weight excluding hydrogens is 378 g/mol. The van der Waals surface area contributed by atoms with E-state index in [1.54, 1.807) is 6.92 Å². The average Bonchev–Trinajstić information content (AvgIpc) is 3.10. The van der Waals surface area contributed by atoms with E-state index in [-0.39, 0.29) is 0 Å². The molecule has 5 nitrogen and oxygen atoms in total. The Balaban J connectivity index is 1.59. The van der Waals surface area contributed by atoms with Crippen molar-refractivity contribution in [3.63, 3.8) is 0 Å². The third-order valence-electron chi connectivity index (χ3n) is 5.12. The number of aryl methyl sites for hydroxylation is 2. The van der Waals surface area contributed by atoms with Crippen LogP contribution in [-0.2, 0) is 22.5 Å². The minimum absolute atomic E-state index is 0.339. The smallest absolute Gasteiger partial charge is 0.333 e. The predicted octanol–water partition coefficient (Wildman–Crippen LogP) is 4.88. The first-order valence-electron chi connectivity index (χ1n) is 10.3. The van der Waals surface area contributed by atoms with Crippen LogP contribution in [-0.4, -0.2) is 35.0 Å². The molecule has 0 bridgehead atoms.